The summed E-state index contributed by atoms with van der Waals surface area (Å²) in [4.78, 5) is 18.7. The van der Waals surface area contributed by atoms with Crippen molar-refractivity contribution in [3.63, 3.8) is 0 Å². The summed E-state index contributed by atoms with van der Waals surface area (Å²) in [5, 5.41) is 3.93. The number of aromatic nitrogens is 2. The van der Waals surface area contributed by atoms with Crippen LogP contribution in [-0.4, -0.2) is 40.1 Å². The Balaban J connectivity index is 1.59. The van der Waals surface area contributed by atoms with E-state index in [2.05, 4.69) is 24.0 Å². The Hall–Kier alpha value is -2.28. The van der Waals surface area contributed by atoms with Crippen molar-refractivity contribution in [2.75, 3.05) is 13.1 Å². The lowest BCUT2D eigenvalue weighted by Crippen LogP contribution is -2.54. The predicted octanol–water partition coefficient (Wildman–Crippen LogP) is 2.70. The number of hydrogen-bond acceptors (Lipinski definition) is 5. The van der Waals surface area contributed by atoms with E-state index < -0.39 is 0 Å². The van der Waals surface area contributed by atoms with Gasteiger partial charge in [-0.05, 0) is 42.5 Å². The van der Waals surface area contributed by atoms with E-state index in [4.69, 9.17) is 10.3 Å². The first-order chi connectivity index (χ1) is 12.3. The third-order valence-corrected chi connectivity index (χ3v) is 5.10. The van der Waals surface area contributed by atoms with Gasteiger partial charge in [0.1, 0.15) is 5.82 Å². The molecule has 1 aliphatic rings. The summed E-state index contributed by atoms with van der Waals surface area (Å²) >= 11 is 0. The van der Waals surface area contributed by atoms with Crippen molar-refractivity contribution in [3.05, 3.63) is 35.5 Å². The van der Waals surface area contributed by atoms with Crippen LogP contribution in [0.5, 0.6) is 0 Å². The maximum Gasteiger partial charge on any atom is 0.227 e. The summed E-state index contributed by atoms with van der Waals surface area (Å²) in [6.07, 6.45) is 1.51. The largest absolute Gasteiger partial charge is 0.342 e. The first kappa shape index (κ1) is 18.5. The van der Waals surface area contributed by atoms with E-state index in [1.807, 2.05) is 4.90 Å². The predicted molar refractivity (Wildman–Crippen MR) is 95.7 cm³/mol. The van der Waals surface area contributed by atoms with Crippen LogP contribution in [0.2, 0.25) is 0 Å². The number of nitrogens with two attached hydrogens (primary N) is 1. The molecule has 0 bridgehead atoms. The van der Waals surface area contributed by atoms with Gasteiger partial charge < -0.3 is 15.2 Å². The average Bonchev–Trinajstić information content (AvgIpc) is 3.06. The third-order valence-electron chi connectivity index (χ3n) is 5.10. The quantitative estimate of drug-likeness (QED) is 0.906. The molecule has 140 valence electrons. The van der Waals surface area contributed by atoms with Crippen LogP contribution in [0.3, 0.4) is 0 Å². The van der Waals surface area contributed by atoms with Crippen LogP contribution in [0.25, 0.3) is 11.4 Å². The van der Waals surface area contributed by atoms with E-state index in [9.17, 15) is 9.18 Å². The SMILES string of the molecule is Cc1cc(-c2noc(CCC(=O)N3CCC(N)C(C)(C)C3)n2)ccc1F. The van der Waals surface area contributed by atoms with Crippen molar-refractivity contribution in [2.45, 2.75) is 46.1 Å². The van der Waals surface area contributed by atoms with Gasteiger partial charge in [0.2, 0.25) is 17.6 Å². The van der Waals surface area contributed by atoms with Crippen LogP contribution in [0, 0.1) is 18.2 Å². The van der Waals surface area contributed by atoms with Crippen LogP contribution in [0.15, 0.2) is 22.7 Å². The fourth-order valence-electron chi connectivity index (χ4n) is 3.22. The first-order valence-electron chi connectivity index (χ1n) is 8.89. The van der Waals surface area contributed by atoms with E-state index in [0.29, 0.717) is 48.8 Å². The van der Waals surface area contributed by atoms with Gasteiger partial charge in [-0.25, -0.2) is 4.39 Å². The average molecular weight is 360 g/mol. The van der Waals surface area contributed by atoms with Gasteiger partial charge >= 0.3 is 0 Å². The molecule has 0 radical (unpaired) electrons. The number of hydrogen-bond donors (Lipinski definition) is 1. The number of carbonyl (C=O) groups is 1. The summed E-state index contributed by atoms with van der Waals surface area (Å²) in [6, 6.07) is 4.78. The van der Waals surface area contributed by atoms with Gasteiger partial charge in [0.25, 0.3) is 0 Å². The van der Waals surface area contributed by atoms with Crippen LogP contribution in [0.4, 0.5) is 4.39 Å². The molecule has 1 fully saturated rings. The van der Waals surface area contributed by atoms with Crippen molar-refractivity contribution in [2.24, 2.45) is 11.1 Å². The Morgan fingerprint density at radius 1 is 1.46 bits per heavy atom. The molecule has 1 aliphatic heterocycles. The van der Waals surface area contributed by atoms with Crippen LogP contribution in [-0.2, 0) is 11.2 Å². The highest BCUT2D eigenvalue weighted by atomic mass is 19.1. The molecule has 1 aromatic carbocycles. The second kappa shape index (κ2) is 7.15. The number of rotatable bonds is 4. The summed E-state index contributed by atoms with van der Waals surface area (Å²) in [5.41, 5.74) is 7.26. The lowest BCUT2D eigenvalue weighted by molar-refractivity contribution is -0.134. The Labute approximate surface area is 152 Å². The number of benzene rings is 1. The van der Waals surface area contributed by atoms with Crippen molar-refractivity contribution in [1.82, 2.24) is 15.0 Å². The van der Waals surface area contributed by atoms with Gasteiger partial charge in [0.05, 0.1) is 0 Å². The standard InChI is InChI=1S/C19H25FN4O2/c1-12-10-13(4-5-14(12)20)18-22-16(26-23-18)6-7-17(25)24-9-8-15(21)19(2,3)11-24/h4-5,10,15H,6-9,11,21H2,1-3H3. The number of nitrogens with zero attached hydrogens (tertiary/aromatic N) is 3. The minimum atomic E-state index is -0.271. The molecule has 1 amide bonds. The Bertz CT molecular complexity index is 803. The highest BCUT2D eigenvalue weighted by Gasteiger charge is 2.35. The number of halogens is 1. The van der Waals surface area contributed by atoms with Crippen LogP contribution < -0.4 is 5.73 Å². The number of carbonyl (C=O) groups excluding carboxylic acids is 1. The lowest BCUT2D eigenvalue weighted by Gasteiger charge is -2.42. The summed E-state index contributed by atoms with van der Waals surface area (Å²) < 4.78 is 18.6. The van der Waals surface area contributed by atoms with E-state index in [1.54, 1.807) is 19.1 Å². The van der Waals surface area contributed by atoms with Crippen molar-refractivity contribution in [3.8, 4) is 11.4 Å². The van der Waals surface area contributed by atoms with Gasteiger partial charge in [0, 0.05) is 37.5 Å². The Kier molecular flexibility index (Phi) is 5.09. The number of amides is 1. The molecule has 0 aliphatic carbocycles. The molecule has 1 saturated heterocycles. The summed E-state index contributed by atoms with van der Waals surface area (Å²) in [6.45, 7) is 7.22. The molecular weight excluding hydrogens is 335 g/mol. The number of likely N-dealkylation sites (tertiary alicyclic amines) is 1. The van der Waals surface area contributed by atoms with E-state index in [-0.39, 0.29) is 23.2 Å². The molecular formula is C19H25FN4O2. The molecule has 2 aromatic rings. The minimum Gasteiger partial charge on any atom is -0.342 e. The molecule has 1 atom stereocenters. The molecule has 0 spiro atoms. The highest BCUT2D eigenvalue weighted by Crippen LogP contribution is 2.28. The third kappa shape index (κ3) is 3.93. The molecule has 7 heteroatoms. The smallest absolute Gasteiger partial charge is 0.227 e. The van der Waals surface area contributed by atoms with Gasteiger partial charge in [-0.2, -0.15) is 4.98 Å². The normalized spacial score (nSPS) is 19.6. The summed E-state index contributed by atoms with van der Waals surface area (Å²) in [7, 11) is 0. The monoisotopic (exact) mass is 360 g/mol. The molecule has 3 rings (SSSR count). The zero-order chi connectivity index (χ0) is 18.9. The second-order valence-electron chi connectivity index (χ2n) is 7.67. The number of aryl methyl sites for hydroxylation is 2. The number of piperidine rings is 1. The molecule has 0 saturated carbocycles. The first-order valence-corrected chi connectivity index (χ1v) is 8.89. The zero-order valence-corrected chi connectivity index (χ0v) is 15.5. The van der Waals surface area contributed by atoms with Gasteiger partial charge in [-0.15, -0.1) is 0 Å². The highest BCUT2D eigenvalue weighted by molar-refractivity contribution is 5.76. The topological polar surface area (TPSA) is 85.2 Å². The Morgan fingerprint density at radius 2 is 2.23 bits per heavy atom. The van der Waals surface area contributed by atoms with Crippen LogP contribution in [0.1, 0.15) is 38.1 Å². The van der Waals surface area contributed by atoms with Crippen molar-refractivity contribution >= 4 is 5.91 Å². The molecule has 2 heterocycles. The Morgan fingerprint density at radius 3 is 2.92 bits per heavy atom. The fourth-order valence-corrected chi connectivity index (χ4v) is 3.22. The lowest BCUT2D eigenvalue weighted by atomic mass is 9.79. The van der Waals surface area contributed by atoms with Crippen LogP contribution >= 0.6 is 0 Å². The van der Waals surface area contributed by atoms with E-state index in [0.717, 1.165) is 6.42 Å². The minimum absolute atomic E-state index is 0.0716. The fraction of sp³-hybridized carbons (Fsp3) is 0.526. The zero-order valence-electron chi connectivity index (χ0n) is 15.5. The van der Waals surface area contributed by atoms with E-state index >= 15 is 0 Å². The molecule has 2 N–H and O–H groups in total. The van der Waals surface area contributed by atoms with Gasteiger partial charge in [0.15, 0.2) is 0 Å². The molecule has 6 nitrogen and oxygen atoms in total. The maximum absolute atomic E-state index is 13.4. The molecule has 1 unspecified atom stereocenters. The van der Waals surface area contributed by atoms with E-state index in [1.165, 1.54) is 6.07 Å². The van der Waals surface area contributed by atoms with Gasteiger partial charge in [-0.3, -0.25) is 4.79 Å². The maximum atomic E-state index is 13.4. The molecule has 1 aromatic heterocycles. The molecule has 26 heavy (non-hydrogen) atoms. The van der Waals surface area contributed by atoms with Crippen molar-refractivity contribution in [1.29, 1.82) is 0 Å². The van der Waals surface area contributed by atoms with Gasteiger partial charge in [-0.1, -0.05) is 19.0 Å². The summed E-state index contributed by atoms with van der Waals surface area (Å²) in [5.74, 6) is 0.610. The van der Waals surface area contributed by atoms with Crippen molar-refractivity contribution < 1.29 is 13.7 Å². The second-order valence-corrected chi connectivity index (χ2v) is 7.67.